The van der Waals surface area contributed by atoms with Crippen LogP contribution in [0.3, 0.4) is 0 Å². The Morgan fingerprint density at radius 2 is 1.86 bits per heavy atom. The lowest BCUT2D eigenvalue weighted by Crippen LogP contribution is -2.40. The van der Waals surface area contributed by atoms with Gasteiger partial charge in [0, 0.05) is 22.2 Å². The number of benzene rings is 2. The van der Waals surface area contributed by atoms with Gasteiger partial charge >= 0.3 is 0 Å². The van der Waals surface area contributed by atoms with E-state index in [9.17, 15) is 13.2 Å². The number of carbonyl (C=O) groups is 1. The Morgan fingerprint density at radius 1 is 1.07 bits per heavy atom. The standard InChI is InChI=1S/C22H20ClNO4S/c23-18-8-4-7-17(13-18)21-10-9-20(28-21)14-24(19-11-12-29(26,27)15-19)22(25)16-5-2-1-3-6-16/h1-10,13,19H,11-12,14-15H2/t19-/m1/s1. The molecule has 1 fully saturated rings. The summed E-state index contributed by atoms with van der Waals surface area (Å²) in [5.74, 6) is 1.12. The predicted octanol–water partition coefficient (Wildman–Crippen LogP) is 4.43. The fourth-order valence-electron chi connectivity index (χ4n) is 3.56. The van der Waals surface area contributed by atoms with Crippen molar-refractivity contribution in [1.82, 2.24) is 4.90 Å². The third kappa shape index (κ3) is 4.54. The van der Waals surface area contributed by atoms with Crippen molar-refractivity contribution in [1.29, 1.82) is 0 Å². The van der Waals surface area contributed by atoms with Crippen LogP contribution >= 0.6 is 11.6 Å². The Labute approximate surface area is 174 Å². The van der Waals surface area contributed by atoms with Gasteiger partial charge in [-0.05, 0) is 42.8 Å². The fraction of sp³-hybridized carbons (Fsp3) is 0.227. The van der Waals surface area contributed by atoms with Gasteiger partial charge in [-0.1, -0.05) is 41.9 Å². The maximum Gasteiger partial charge on any atom is 0.254 e. The third-order valence-electron chi connectivity index (χ3n) is 5.03. The van der Waals surface area contributed by atoms with E-state index < -0.39 is 9.84 Å². The Bertz CT molecular complexity index is 1120. The van der Waals surface area contributed by atoms with Crippen molar-refractivity contribution < 1.29 is 17.6 Å². The monoisotopic (exact) mass is 429 g/mol. The van der Waals surface area contributed by atoms with E-state index in [2.05, 4.69) is 0 Å². The Kier molecular flexibility index (Phi) is 5.48. The van der Waals surface area contributed by atoms with Crippen LogP contribution in [0.25, 0.3) is 11.3 Å². The molecule has 1 aliphatic heterocycles. The number of furan rings is 1. The van der Waals surface area contributed by atoms with Crippen molar-refractivity contribution >= 4 is 27.3 Å². The van der Waals surface area contributed by atoms with Crippen LogP contribution in [0.5, 0.6) is 0 Å². The van der Waals surface area contributed by atoms with E-state index in [1.807, 2.05) is 30.3 Å². The zero-order chi connectivity index (χ0) is 20.4. The van der Waals surface area contributed by atoms with Crippen LogP contribution in [0.4, 0.5) is 0 Å². The van der Waals surface area contributed by atoms with Gasteiger partial charge in [-0.2, -0.15) is 0 Å². The number of halogens is 1. The molecule has 1 atom stereocenters. The van der Waals surface area contributed by atoms with Gasteiger partial charge in [0.1, 0.15) is 11.5 Å². The van der Waals surface area contributed by atoms with E-state index in [4.69, 9.17) is 16.0 Å². The number of nitrogens with zero attached hydrogens (tertiary/aromatic N) is 1. The van der Waals surface area contributed by atoms with Gasteiger partial charge in [-0.3, -0.25) is 4.79 Å². The zero-order valence-corrected chi connectivity index (χ0v) is 17.2. The second kappa shape index (κ2) is 8.05. The summed E-state index contributed by atoms with van der Waals surface area (Å²) in [5, 5.41) is 0.609. The molecule has 0 spiro atoms. The molecule has 0 N–H and O–H groups in total. The highest BCUT2D eigenvalue weighted by Crippen LogP contribution is 2.27. The molecule has 0 saturated carbocycles. The Balaban J connectivity index is 1.61. The average molecular weight is 430 g/mol. The number of hydrogen-bond donors (Lipinski definition) is 0. The molecule has 0 bridgehead atoms. The van der Waals surface area contributed by atoms with Gasteiger partial charge in [-0.15, -0.1) is 0 Å². The van der Waals surface area contributed by atoms with Crippen molar-refractivity contribution in [3.8, 4) is 11.3 Å². The van der Waals surface area contributed by atoms with E-state index in [0.717, 1.165) is 5.56 Å². The number of carbonyl (C=O) groups excluding carboxylic acids is 1. The molecule has 4 rings (SSSR count). The lowest BCUT2D eigenvalue weighted by atomic mass is 10.1. The maximum atomic E-state index is 13.1. The normalized spacial score (nSPS) is 17.9. The molecule has 3 aromatic rings. The van der Waals surface area contributed by atoms with E-state index in [1.54, 1.807) is 41.3 Å². The SMILES string of the molecule is O=C(c1ccccc1)N(Cc1ccc(-c2cccc(Cl)c2)o1)[C@@H]1CCS(=O)(=O)C1. The van der Waals surface area contributed by atoms with Crippen molar-refractivity contribution in [2.45, 2.75) is 19.0 Å². The van der Waals surface area contributed by atoms with Gasteiger partial charge in [0.15, 0.2) is 9.84 Å². The molecule has 29 heavy (non-hydrogen) atoms. The van der Waals surface area contributed by atoms with Crippen LogP contribution in [0.1, 0.15) is 22.5 Å². The van der Waals surface area contributed by atoms with Crippen LogP contribution in [0.15, 0.2) is 71.1 Å². The minimum atomic E-state index is -3.13. The summed E-state index contributed by atoms with van der Waals surface area (Å²) < 4.78 is 30.0. The molecule has 1 saturated heterocycles. The number of rotatable bonds is 5. The quantitative estimate of drug-likeness (QED) is 0.601. The largest absolute Gasteiger partial charge is 0.459 e. The first-order valence-corrected chi connectivity index (χ1v) is 11.5. The smallest absolute Gasteiger partial charge is 0.254 e. The average Bonchev–Trinajstić information content (AvgIpc) is 3.32. The number of amides is 1. The molecule has 7 heteroatoms. The van der Waals surface area contributed by atoms with Gasteiger partial charge in [0.05, 0.1) is 18.1 Å². The van der Waals surface area contributed by atoms with Gasteiger partial charge in [0.2, 0.25) is 0 Å². The van der Waals surface area contributed by atoms with Crippen molar-refractivity contribution in [2.75, 3.05) is 11.5 Å². The molecule has 5 nitrogen and oxygen atoms in total. The van der Waals surface area contributed by atoms with E-state index in [1.165, 1.54) is 0 Å². The molecular formula is C22H20ClNO4S. The molecule has 0 unspecified atom stereocenters. The fourth-order valence-corrected chi connectivity index (χ4v) is 5.48. The highest BCUT2D eigenvalue weighted by atomic mass is 35.5. The number of hydrogen-bond acceptors (Lipinski definition) is 4. The zero-order valence-electron chi connectivity index (χ0n) is 15.6. The summed E-state index contributed by atoms with van der Waals surface area (Å²) in [7, 11) is -3.13. The highest BCUT2D eigenvalue weighted by molar-refractivity contribution is 7.91. The first-order valence-electron chi connectivity index (χ1n) is 9.32. The molecule has 2 heterocycles. The summed E-state index contributed by atoms with van der Waals surface area (Å²) in [6.07, 6.45) is 0.433. The minimum absolute atomic E-state index is 0.0204. The van der Waals surface area contributed by atoms with Crippen molar-refractivity contribution in [3.05, 3.63) is 83.1 Å². The summed E-state index contributed by atoms with van der Waals surface area (Å²) in [6.45, 7) is 0.203. The van der Waals surface area contributed by atoms with Crippen LogP contribution < -0.4 is 0 Å². The first-order chi connectivity index (χ1) is 13.9. The first kappa shape index (κ1) is 19.7. The van der Waals surface area contributed by atoms with Gasteiger partial charge in [-0.25, -0.2) is 8.42 Å². The molecule has 150 valence electrons. The van der Waals surface area contributed by atoms with Crippen LogP contribution in [-0.2, 0) is 16.4 Å². The van der Waals surface area contributed by atoms with Crippen LogP contribution in [-0.4, -0.2) is 36.8 Å². The van der Waals surface area contributed by atoms with Crippen molar-refractivity contribution in [2.24, 2.45) is 0 Å². The van der Waals surface area contributed by atoms with Crippen LogP contribution in [0.2, 0.25) is 5.02 Å². The van der Waals surface area contributed by atoms with Crippen LogP contribution in [0, 0.1) is 0 Å². The Hall–Kier alpha value is -2.57. The van der Waals surface area contributed by atoms with Gasteiger partial charge < -0.3 is 9.32 Å². The summed E-state index contributed by atoms with van der Waals surface area (Å²) >= 11 is 6.06. The summed E-state index contributed by atoms with van der Waals surface area (Å²) in [4.78, 5) is 14.8. The van der Waals surface area contributed by atoms with Crippen molar-refractivity contribution in [3.63, 3.8) is 0 Å². The second-order valence-electron chi connectivity index (χ2n) is 7.13. The minimum Gasteiger partial charge on any atom is -0.459 e. The molecule has 0 radical (unpaired) electrons. The molecule has 0 aliphatic carbocycles. The highest BCUT2D eigenvalue weighted by Gasteiger charge is 2.35. The molecule has 1 aliphatic rings. The third-order valence-corrected chi connectivity index (χ3v) is 7.01. The summed E-state index contributed by atoms with van der Waals surface area (Å²) in [5.41, 5.74) is 1.37. The molecule has 1 aromatic heterocycles. The van der Waals surface area contributed by atoms with E-state index in [-0.39, 0.29) is 30.0 Å². The molecular weight excluding hydrogens is 410 g/mol. The maximum absolute atomic E-state index is 13.1. The number of sulfone groups is 1. The lowest BCUT2D eigenvalue weighted by molar-refractivity contribution is 0.0666. The van der Waals surface area contributed by atoms with E-state index >= 15 is 0 Å². The topological polar surface area (TPSA) is 67.6 Å². The lowest BCUT2D eigenvalue weighted by Gasteiger charge is -2.27. The predicted molar refractivity (Wildman–Crippen MR) is 113 cm³/mol. The summed E-state index contributed by atoms with van der Waals surface area (Å²) in [6, 6.07) is 19.5. The van der Waals surface area contributed by atoms with E-state index in [0.29, 0.717) is 28.5 Å². The molecule has 2 aromatic carbocycles. The van der Waals surface area contributed by atoms with Gasteiger partial charge in [0.25, 0.3) is 5.91 Å². The Morgan fingerprint density at radius 3 is 2.55 bits per heavy atom. The molecule has 1 amide bonds. The second-order valence-corrected chi connectivity index (χ2v) is 9.80.